The van der Waals surface area contributed by atoms with Gasteiger partial charge in [0.05, 0.1) is 0 Å². The number of hydrogen-bond acceptors (Lipinski definition) is 5. The van der Waals surface area contributed by atoms with E-state index in [4.69, 9.17) is 4.42 Å². The van der Waals surface area contributed by atoms with Gasteiger partial charge in [-0.25, -0.2) is 9.97 Å². The first kappa shape index (κ1) is 22.0. The van der Waals surface area contributed by atoms with Gasteiger partial charge in [0.2, 0.25) is 0 Å². The zero-order valence-corrected chi connectivity index (χ0v) is 17.7. The molecular formula is C23H28N4O2. The Morgan fingerprint density at radius 1 is 1.38 bits per heavy atom. The predicted octanol–water partition coefficient (Wildman–Crippen LogP) is 3.58. The smallest absolute Gasteiger partial charge is 0.278 e. The molecule has 0 unspecified atom stereocenters. The standard InChI is InChI=1S/C23H28N4O2/c1-7-16(5)24-12-18(8-2)15(4)10-20-11-22(25-13-19(20)9-3)27-23(28)21-14-29-17(6)26-21/h8-14,16H,4,7H2,1-3,5-6H3,(H,27,28)/b18-8+,19-9-,20-10-,24-12?/t16-/m0/s1. The Labute approximate surface area is 171 Å². The molecule has 2 aromatic heterocycles. The minimum Gasteiger partial charge on any atom is -0.448 e. The second-order valence-electron chi connectivity index (χ2n) is 6.64. The molecule has 6 nitrogen and oxygen atoms in total. The first-order valence-corrected chi connectivity index (χ1v) is 9.64. The fraction of sp³-hybridized carbons (Fsp3) is 0.304. The van der Waals surface area contributed by atoms with E-state index in [2.05, 4.69) is 40.7 Å². The molecule has 0 spiro atoms. The molecule has 1 atom stereocenters. The highest BCUT2D eigenvalue weighted by molar-refractivity contribution is 6.02. The van der Waals surface area contributed by atoms with Crippen molar-refractivity contribution in [3.8, 4) is 0 Å². The number of carbonyl (C=O) groups excluding carboxylic acids is 1. The number of hydrogen-bond donors (Lipinski definition) is 1. The van der Waals surface area contributed by atoms with Crippen LogP contribution in [-0.4, -0.2) is 28.1 Å². The van der Waals surface area contributed by atoms with Crippen LogP contribution >= 0.6 is 0 Å². The van der Waals surface area contributed by atoms with Crippen LogP contribution in [0.2, 0.25) is 0 Å². The van der Waals surface area contributed by atoms with Crippen LogP contribution in [0.15, 0.2) is 51.7 Å². The molecule has 0 fully saturated rings. The van der Waals surface area contributed by atoms with Gasteiger partial charge in [0.25, 0.3) is 5.91 Å². The molecule has 29 heavy (non-hydrogen) atoms. The van der Waals surface area contributed by atoms with Gasteiger partial charge in [-0.3, -0.25) is 9.79 Å². The lowest BCUT2D eigenvalue weighted by atomic mass is 10.1. The van der Waals surface area contributed by atoms with Gasteiger partial charge < -0.3 is 9.73 Å². The highest BCUT2D eigenvalue weighted by atomic mass is 16.3. The zero-order valence-electron chi connectivity index (χ0n) is 17.7. The molecular weight excluding hydrogens is 364 g/mol. The van der Waals surface area contributed by atoms with Gasteiger partial charge in [0.15, 0.2) is 11.6 Å². The summed E-state index contributed by atoms with van der Waals surface area (Å²) in [7, 11) is 0. The summed E-state index contributed by atoms with van der Waals surface area (Å²) in [5.41, 5.74) is 1.99. The fourth-order valence-corrected chi connectivity index (χ4v) is 2.49. The van der Waals surface area contributed by atoms with Crippen LogP contribution in [0, 0.1) is 6.92 Å². The molecule has 0 radical (unpaired) electrons. The van der Waals surface area contributed by atoms with Crippen LogP contribution in [-0.2, 0) is 0 Å². The third kappa shape index (κ3) is 6.10. The number of anilines is 1. The van der Waals surface area contributed by atoms with Crippen molar-refractivity contribution in [2.24, 2.45) is 4.99 Å². The molecule has 0 saturated carbocycles. The summed E-state index contributed by atoms with van der Waals surface area (Å²) in [6.45, 7) is 13.9. The second-order valence-corrected chi connectivity index (χ2v) is 6.64. The van der Waals surface area contributed by atoms with E-state index in [0.717, 1.165) is 28.0 Å². The molecule has 6 heteroatoms. The molecule has 2 heterocycles. The van der Waals surface area contributed by atoms with Gasteiger partial charge in [0, 0.05) is 25.4 Å². The number of nitrogens with one attached hydrogen (secondary N) is 1. The first-order valence-electron chi connectivity index (χ1n) is 9.64. The molecule has 0 aliphatic rings. The molecule has 0 aliphatic carbocycles. The minimum absolute atomic E-state index is 0.211. The summed E-state index contributed by atoms with van der Waals surface area (Å²) < 4.78 is 5.09. The van der Waals surface area contributed by atoms with Crippen LogP contribution < -0.4 is 15.8 Å². The molecule has 1 N–H and O–H groups in total. The van der Waals surface area contributed by atoms with E-state index in [1.807, 2.05) is 44.4 Å². The van der Waals surface area contributed by atoms with Gasteiger partial charge in [0.1, 0.15) is 12.1 Å². The summed E-state index contributed by atoms with van der Waals surface area (Å²) in [5.74, 6) is 0.486. The Balaban J connectivity index is 2.33. The summed E-state index contributed by atoms with van der Waals surface area (Å²) >= 11 is 0. The van der Waals surface area contributed by atoms with Crippen LogP contribution in [0.1, 0.15) is 50.5 Å². The lowest BCUT2D eigenvalue weighted by molar-refractivity contribution is 0.102. The van der Waals surface area contributed by atoms with E-state index in [1.54, 1.807) is 13.1 Å². The highest BCUT2D eigenvalue weighted by Gasteiger charge is 2.11. The average Bonchev–Trinajstić information content (AvgIpc) is 3.15. The summed E-state index contributed by atoms with van der Waals surface area (Å²) in [6.07, 6.45) is 11.8. The number of aliphatic imine (C=N–C) groups is 1. The Morgan fingerprint density at radius 3 is 2.72 bits per heavy atom. The van der Waals surface area contributed by atoms with Gasteiger partial charge in [-0.05, 0) is 60.9 Å². The van der Waals surface area contributed by atoms with E-state index in [0.29, 0.717) is 11.7 Å². The van der Waals surface area contributed by atoms with Crippen LogP contribution in [0.25, 0.3) is 12.2 Å². The van der Waals surface area contributed by atoms with Crippen molar-refractivity contribution >= 4 is 30.1 Å². The SMILES string of the molecule is C=C(/C=c1/cc(NC(=O)c2coc(C)n2)nc/c1=C/C)/C(C=N[C@@H](C)CC)=C/C. The maximum atomic E-state index is 12.3. The Morgan fingerprint density at radius 2 is 2.14 bits per heavy atom. The number of pyridine rings is 1. The maximum Gasteiger partial charge on any atom is 0.278 e. The molecule has 0 saturated heterocycles. The van der Waals surface area contributed by atoms with Crippen molar-refractivity contribution in [3.63, 3.8) is 0 Å². The topological polar surface area (TPSA) is 80.4 Å². The second kappa shape index (κ2) is 10.3. The summed E-state index contributed by atoms with van der Waals surface area (Å²) in [6, 6.07) is 2.07. The molecule has 1 amide bonds. The third-order valence-corrected chi connectivity index (χ3v) is 4.44. The number of nitrogens with zero attached hydrogens (tertiary/aromatic N) is 3. The van der Waals surface area contributed by atoms with Crippen LogP contribution in [0.5, 0.6) is 0 Å². The zero-order chi connectivity index (χ0) is 21.4. The number of carbonyl (C=O) groups is 1. The van der Waals surface area contributed by atoms with Crippen molar-refractivity contribution in [2.75, 3.05) is 5.32 Å². The summed E-state index contributed by atoms with van der Waals surface area (Å²) in [4.78, 5) is 25.2. The number of amides is 1. The van der Waals surface area contributed by atoms with Crippen LogP contribution in [0.4, 0.5) is 5.82 Å². The van der Waals surface area contributed by atoms with Gasteiger partial charge in [-0.1, -0.05) is 25.7 Å². The quantitative estimate of drug-likeness (QED) is 0.577. The van der Waals surface area contributed by atoms with E-state index in [9.17, 15) is 4.79 Å². The third-order valence-electron chi connectivity index (χ3n) is 4.44. The van der Waals surface area contributed by atoms with E-state index >= 15 is 0 Å². The molecule has 0 bridgehead atoms. The fourth-order valence-electron chi connectivity index (χ4n) is 2.49. The molecule has 0 aliphatic heterocycles. The molecule has 2 aromatic rings. The van der Waals surface area contributed by atoms with Gasteiger partial charge in [-0.15, -0.1) is 0 Å². The Hall–Kier alpha value is -3.28. The molecule has 2 rings (SSSR count). The highest BCUT2D eigenvalue weighted by Crippen LogP contribution is 2.09. The van der Waals surface area contributed by atoms with Gasteiger partial charge >= 0.3 is 0 Å². The number of aromatic nitrogens is 2. The lowest BCUT2D eigenvalue weighted by Gasteiger charge is -2.05. The monoisotopic (exact) mass is 392 g/mol. The number of aryl methyl sites for hydroxylation is 1. The van der Waals surface area contributed by atoms with Crippen molar-refractivity contribution in [1.29, 1.82) is 0 Å². The number of oxazole rings is 1. The predicted molar refractivity (Wildman–Crippen MR) is 118 cm³/mol. The Bertz CT molecular complexity index is 1060. The normalized spacial score (nSPS) is 14.4. The lowest BCUT2D eigenvalue weighted by Crippen LogP contribution is -2.27. The number of rotatable bonds is 7. The van der Waals surface area contributed by atoms with Crippen molar-refractivity contribution in [2.45, 2.75) is 47.1 Å². The van der Waals surface area contributed by atoms with Crippen LogP contribution in [0.3, 0.4) is 0 Å². The summed E-state index contributed by atoms with van der Waals surface area (Å²) in [5, 5.41) is 4.59. The van der Waals surface area contributed by atoms with Crippen molar-refractivity contribution in [1.82, 2.24) is 9.97 Å². The largest absolute Gasteiger partial charge is 0.448 e. The number of allylic oxidation sites excluding steroid dienone is 3. The minimum atomic E-state index is -0.373. The Kier molecular flexibility index (Phi) is 7.83. The van der Waals surface area contributed by atoms with Gasteiger partial charge in [-0.2, -0.15) is 0 Å². The first-order chi connectivity index (χ1) is 13.9. The van der Waals surface area contributed by atoms with E-state index in [-0.39, 0.29) is 17.6 Å². The molecule has 0 aromatic carbocycles. The average molecular weight is 393 g/mol. The maximum absolute atomic E-state index is 12.3. The molecule has 152 valence electrons. The van der Waals surface area contributed by atoms with Crippen molar-refractivity contribution < 1.29 is 9.21 Å². The van der Waals surface area contributed by atoms with E-state index < -0.39 is 0 Å². The van der Waals surface area contributed by atoms with Crippen molar-refractivity contribution in [3.05, 3.63) is 64.3 Å². The van der Waals surface area contributed by atoms with E-state index in [1.165, 1.54) is 6.26 Å².